The molecule has 0 spiro atoms. The van der Waals surface area contributed by atoms with Gasteiger partial charge in [-0.15, -0.1) is 6.58 Å². The Hall–Kier alpha value is -2.37. The Bertz CT molecular complexity index is 589. The second-order valence-corrected chi connectivity index (χ2v) is 5.61. The lowest BCUT2D eigenvalue weighted by Crippen LogP contribution is -2.41. The zero-order chi connectivity index (χ0) is 15.0. The Morgan fingerprint density at radius 2 is 2.19 bits per heavy atom. The maximum absolute atomic E-state index is 12.4. The summed E-state index contributed by atoms with van der Waals surface area (Å²) >= 11 is 0. The van der Waals surface area contributed by atoms with E-state index in [-0.39, 0.29) is 12.5 Å². The molecule has 2 aliphatic rings. The number of pyridine rings is 1. The molecule has 0 saturated carbocycles. The molecule has 6 heteroatoms. The topological polar surface area (TPSA) is 73.7 Å². The minimum absolute atomic E-state index is 0.0890. The number of hydrogen-bond acceptors (Lipinski definition) is 4. The minimum atomic E-state index is -1.02. The van der Waals surface area contributed by atoms with Crippen LogP contribution in [0.15, 0.2) is 37.2 Å². The Balaban J connectivity index is 1.91. The van der Waals surface area contributed by atoms with E-state index in [4.69, 9.17) is 0 Å². The van der Waals surface area contributed by atoms with Gasteiger partial charge in [0.05, 0.1) is 5.92 Å². The molecule has 2 atom stereocenters. The molecule has 1 aromatic heterocycles. The molecular weight excluding hydrogens is 270 g/mol. The third-order valence-corrected chi connectivity index (χ3v) is 4.43. The number of carboxylic acid groups (broad SMARTS) is 1. The highest BCUT2D eigenvalue weighted by atomic mass is 16.4. The zero-order valence-electron chi connectivity index (χ0n) is 11.6. The number of aromatic nitrogens is 1. The molecular formula is C15H17N3O3. The summed E-state index contributed by atoms with van der Waals surface area (Å²) in [6.45, 7) is 5.05. The number of hydrogen-bond donors (Lipinski definition) is 1. The van der Waals surface area contributed by atoms with Crippen LogP contribution >= 0.6 is 0 Å². The fraction of sp³-hybridized carbons (Fsp3) is 0.400. The Labute approximate surface area is 122 Å². The van der Waals surface area contributed by atoms with Crippen molar-refractivity contribution in [3.05, 3.63) is 37.2 Å². The second kappa shape index (κ2) is 4.87. The summed E-state index contributed by atoms with van der Waals surface area (Å²) in [6.07, 6.45) is 4.97. The van der Waals surface area contributed by atoms with Crippen molar-refractivity contribution >= 4 is 17.6 Å². The normalized spacial score (nSPS) is 27.8. The maximum atomic E-state index is 12.4. The molecule has 0 aliphatic carbocycles. The Morgan fingerprint density at radius 3 is 2.76 bits per heavy atom. The number of anilines is 1. The number of aliphatic carboxylic acids is 1. The van der Waals surface area contributed by atoms with Gasteiger partial charge in [-0.2, -0.15) is 0 Å². The van der Waals surface area contributed by atoms with Crippen molar-refractivity contribution in [1.82, 2.24) is 9.88 Å². The van der Waals surface area contributed by atoms with E-state index in [2.05, 4.69) is 11.6 Å². The van der Waals surface area contributed by atoms with Crippen LogP contribution in [0.25, 0.3) is 0 Å². The average Bonchev–Trinajstić information content (AvgIpc) is 2.98. The van der Waals surface area contributed by atoms with E-state index >= 15 is 0 Å². The fourth-order valence-corrected chi connectivity index (χ4v) is 3.37. The van der Waals surface area contributed by atoms with Gasteiger partial charge in [0.15, 0.2) is 0 Å². The summed E-state index contributed by atoms with van der Waals surface area (Å²) < 4.78 is 0. The molecule has 2 fully saturated rings. The van der Waals surface area contributed by atoms with Crippen LogP contribution < -0.4 is 4.90 Å². The zero-order valence-corrected chi connectivity index (χ0v) is 11.6. The largest absolute Gasteiger partial charge is 0.481 e. The number of nitrogens with zero attached hydrogens (tertiary/aromatic N) is 3. The lowest BCUT2D eigenvalue weighted by atomic mass is 9.81. The van der Waals surface area contributed by atoms with Crippen molar-refractivity contribution in [1.29, 1.82) is 0 Å². The van der Waals surface area contributed by atoms with Crippen LogP contribution in [0.4, 0.5) is 5.69 Å². The molecule has 21 heavy (non-hydrogen) atoms. The summed E-state index contributed by atoms with van der Waals surface area (Å²) in [4.78, 5) is 31.8. The molecule has 0 bridgehead atoms. The fourth-order valence-electron chi connectivity index (χ4n) is 3.37. The van der Waals surface area contributed by atoms with E-state index in [0.717, 1.165) is 5.69 Å². The van der Waals surface area contributed by atoms with Gasteiger partial charge >= 0.3 is 5.97 Å². The molecule has 0 aromatic carbocycles. The molecule has 3 rings (SSSR count). The van der Waals surface area contributed by atoms with Crippen molar-refractivity contribution in [3.63, 3.8) is 0 Å². The summed E-state index contributed by atoms with van der Waals surface area (Å²) in [6, 6.07) is 3.67. The number of carbonyl (C=O) groups excluding carboxylic acids is 1. The molecule has 0 radical (unpaired) electrons. The smallest absolute Gasteiger partial charge is 0.314 e. The second-order valence-electron chi connectivity index (χ2n) is 5.61. The highest BCUT2D eigenvalue weighted by molar-refractivity contribution is 5.93. The predicted molar refractivity (Wildman–Crippen MR) is 76.8 cm³/mol. The van der Waals surface area contributed by atoms with Crippen LogP contribution in [0.5, 0.6) is 0 Å². The van der Waals surface area contributed by atoms with Gasteiger partial charge in [0, 0.05) is 44.3 Å². The van der Waals surface area contributed by atoms with Crippen molar-refractivity contribution in [2.24, 2.45) is 11.3 Å². The van der Waals surface area contributed by atoms with Crippen LogP contribution in [0.2, 0.25) is 0 Å². The van der Waals surface area contributed by atoms with Crippen molar-refractivity contribution in [2.45, 2.75) is 0 Å². The first-order valence-electron chi connectivity index (χ1n) is 6.86. The molecule has 2 aliphatic heterocycles. The Kier molecular flexibility index (Phi) is 3.16. The SMILES string of the molecule is C=CCN1C[C@@]2(C(=O)O)CN(c3ccncc3)C[C@H]2C1=O. The lowest BCUT2D eigenvalue weighted by Gasteiger charge is -2.25. The van der Waals surface area contributed by atoms with Crippen molar-refractivity contribution < 1.29 is 14.7 Å². The highest BCUT2D eigenvalue weighted by Gasteiger charge is 2.61. The van der Waals surface area contributed by atoms with E-state index in [0.29, 0.717) is 19.6 Å². The average molecular weight is 287 g/mol. The van der Waals surface area contributed by atoms with Crippen LogP contribution in [-0.2, 0) is 9.59 Å². The van der Waals surface area contributed by atoms with Crippen molar-refractivity contribution in [3.8, 4) is 0 Å². The number of rotatable bonds is 4. The summed E-state index contributed by atoms with van der Waals surface area (Å²) in [5, 5.41) is 9.70. The standard InChI is InChI=1S/C15H17N3O3/c1-2-7-17-9-15(14(20)21)10-18(8-12(15)13(17)19)11-3-5-16-6-4-11/h2-6,12H,1,7-10H2,(H,20,21)/t12-,15+/m0/s1. The summed E-state index contributed by atoms with van der Waals surface area (Å²) in [7, 11) is 0. The summed E-state index contributed by atoms with van der Waals surface area (Å²) in [5.41, 5.74) is -0.119. The number of carboxylic acids is 1. The molecule has 1 aromatic rings. The van der Waals surface area contributed by atoms with Crippen LogP contribution in [0, 0.1) is 11.3 Å². The lowest BCUT2D eigenvalue weighted by molar-refractivity contribution is -0.149. The summed E-state index contributed by atoms with van der Waals surface area (Å²) in [5.74, 6) is -1.49. The molecule has 2 saturated heterocycles. The van der Waals surface area contributed by atoms with E-state index in [1.807, 2.05) is 17.0 Å². The van der Waals surface area contributed by atoms with Crippen LogP contribution in [-0.4, -0.2) is 53.0 Å². The van der Waals surface area contributed by atoms with Gasteiger partial charge < -0.3 is 14.9 Å². The van der Waals surface area contributed by atoms with Gasteiger partial charge in [0.1, 0.15) is 5.41 Å². The van der Waals surface area contributed by atoms with Crippen LogP contribution in [0.1, 0.15) is 0 Å². The maximum Gasteiger partial charge on any atom is 0.314 e. The number of amides is 1. The molecule has 110 valence electrons. The predicted octanol–water partition coefficient (Wildman–Crippen LogP) is 0.617. The van der Waals surface area contributed by atoms with Gasteiger partial charge in [-0.25, -0.2) is 0 Å². The van der Waals surface area contributed by atoms with Gasteiger partial charge in [0.25, 0.3) is 0 Å². The molecule has 3 heterocycles. The van der Waals surface area contributed by atoms with E-state index in [9.17, 15) is 14.7 Å². The minimum Gasteiger partial charge on any atom is -0.481 e. The first-order chi connectivity index (χ1) is 10.1. The monoisotopic (exact) mass is 287 g/mol. The van der Waals surface area contributed by atoms with E-state index in [1.54, 1.807) is 23.4 Å². The number of carbonyl (C=O) groups is 2. The quantitative estimate of drug-likeness (QED) is 0.822. The van der Waals surface area contributed by atoms with Gasteiger partial charge in [0.2, 0.25) is 5.91 Å². The number of fused-ring (bicyclic) bond motifs is 1. The van der Waals surface area contributed by atoms with Crippen molar-refractivity contribution in [2.75, 3.05) is 31.1 Å². The van der Waals surface area contributed by atoms with Gasteiger partial charge in [-0.1, -0.05) is 6.08 Å². The molecule has 1 N–H and O–H groups in total. The van der Waals surface area contributed by atoms with Gasteiger partial charge in [-0.05, 0) is 12.1 Å². The van der Waals surface area contributed by atoms with Crippen LogP contribution in [0.3, 0.4) is 0 Å². The third kappa shape index (κ3) is 1.98. The first-order valence-corrected chi connectivity index (χ1v) is 6.86. The first kappa shape index (κ1) is 13.6. The third-order valence-electron chi connectivity index (χ3n) is 4.43. The van der Waals surface area contributed by atoms with E-state index < -0.39 is 17.3 Å². The van der Waals surface area contributed by atoms with E-state index in [1.165, 1.54) is 0 Å². The molecule has 1 amide bonds. The Morgan fingerprint density at radius 1 is 1.48 bits per heavy atom. The molecule has 6 nitrogen and oxygen atoms in total. The number of likely N-dealkylation sites (tertiary alicyclic amines) is 1. The molecule has 0 unspecified atom stereocenters. The highest BCUT2D eigenvalue weighted by Crippen LogP contribution is 2.44. The van der Waals surface area contributed by atoms with Gasteiger partial charge in [-0.3, -0.25) is 14.6 Å².